The number of hydrogen-bond acceptors (Lipinski definition) is 6. The molecule has 1 fully saturated rings. The lowest BCUT2D eigenvalue weighted by molar-refractivity contribution is -0.146. The topological polar surface area (TPSA) is 78.3 Å². The Balaban J connectivity index is 2.22. The molecule has 2 heterocycles. The van der Waals surface area contributed by atoms with Gasteiger partial charge in [0.25, 0.3) is 0 Å². The molecule has 24 heavy (non-hydrogen) atoms. The lowest BCUT2D eigenvalue weighted by atomic mass is 10.1. The Morgan fingerprint density at radius 3 is 2.38 bits per heavy atom. The third-order valence-corrected chi connectivity index (χ3v) is 3.92. The zero-order valence-corrected chi connectivity index (χ0v) is 15.1. The van der Waals surface area contributed by atoms with Gasteiger partial charge < -0.3 is 15.0 Å². The van der Waals surface area contributed by atoms with Gasteiger partial charge in [-0.25, -0.2) is 9.78 Å². The first-order chi connectivity index (χ1) is 11.3. The van der Waals surface area contributed by atoms with E-state index in [0.29, 0.717) is 11.4 Å². The van der Waals surface area contributed by atoms with E-state index in [1.807, 2.05) is 6.07 Å². The molecule has 6 heteroatoms. The molecular weight excluding hydrogens is 304 g/mol. The van der Waals surface area contributed by atoms with Gasteiger partial charge in [-0.1, -0.05) is 12.8 Å². The molecule has 6 nitrogen and oxygen atoms in total. The van der Waals surface area contributed by atoms with Crippen molar-refractivity contribution in [3.8, 4) is 0 Å². The Bertz CT molecular complexity index is 600. The lowest BCUT2D eigenvalue weighted by Crippen LogP contribution is -2.30. The van der Waals surface area contributed by atoms with Crippen LogP contribution in [0.5, 0.6) is 0 Å². The molecule has 2 N–H and O–H groups in total. The maximum absolute atomic E-state index is 12.1. The van der Waals surface area contributed by atoms with Gasteiger partial charge in [0.15, 0.2) is 5.71 Å². The second-order valence-corrected chi connectivity index (χ2v) is 7.09. The highest BCUT2D eigenvalue weighted by molar-refractivity contribution is 6.43. The van der Waals surface area contributed by atoms with Crippen LogP contribution < -0.4 is 10.2 Å². The van der Waals surface area contributed by atoms with Crippen LogP contribution in [-0.2, 0) is 9.53 Å². The van der Waals surface area contributed by atoms with Crippen LogP contribution in [0.2, 0.25) is 0 Å². The fourth-order valence-electron chi connectivity index (χ4n) is 2.76. The maximum Gasteiger partial charge on any atom is 0.357 e. The van der Waals surface area contributed by atoms with Crippen molar-refractivity contribution >= 4 is 23.3 Å². The zero-order chi connectivity index (χ0) is 17.7. The van der Waals surface area contributed by atoms with Crippen LogP contribution in [0, 0.1) is 5.41 Å². The molecule has 0 spiro atoms. The number of aromatic nitrogens is 1. The predicted molar refractivity (Wildman–Crippen MR) is 97.1 cm³/mol. The summed E-state index contributed by atoms with van der Waals surface area (Å²) in [6, 6.07) is 3.67. The molecule has 0 unspecified atom stereocenters. The molecule has 0 amide bonds. The lowest BCUT2D eigenvalue weighted by Gasteiger charge is -2.23. The molecule has 0 aromatic carbocycles. The van der Waals surface area contributed by atoms with Crippen LogP contribution in [0.15, 0.2) is 12.1 Å². The third kappa shape index (κ3) is 4.69. The Kier molecular flexibility index (Phi) is 5.80. The first-order valence-electron chi connectivity index (χ1n) is 8.58. The second-order valence-electron chi connectivity index (χ2n) is 7.09. The molecular formula is C18H28N4O2. The molecule has 1 aliphatic rings. The van der Waals surface area contributed by atoms with Crippen LogP contribution in [0.4, 0.5) is 11.6 Å². The first kappa shape index (κ1) is 18.2. The number of ether oxygens (including phenoxy) is 1. The molecule has 132 valence electrons. The zero-order valence-electron chi connectivity index (χ0n) is 15.1. The maximum atomic E-state index is 12.1. The van der Waals surface area contributed by atoms with E-state index in [2.05, 4.69) is 15.2 Å². The van der Waals surface area contributed by atoms with Crippen LogP contribution in [-0.4, -0.2) is 42.4 Å². The Morgan fingerprint density at radius 1 is 1.21 bits per heavy atom. The summed E-state index contributed by atoms with van der Waals surface area (Å²) in [6.07, 6.45) is 4.87. The smallest absolute Gasteiger partial charge is 0.357 e. The van der Waals surface area contributed by atoms with Gasteiger partial charge >= 0.3 is 5.97 Å². The van der Waals surface area contributed by atoms with Gasteiger partial charge in [-0.05, 0) is 45.7 Å². The van der Waals surface area contributed by atoms with Crippen molar-refractivity contribution in [3.63, 3.8) is 0 Å². The minimum absolute atomic E-state index is 0.177. The average molecular weight is 332 g/mol. The number of nitrogens with zero attached hydrogens (tertiary/aromatic N) is 2. The average Bonchev–Trinajstić information content (AvgIpc) is 2.81. The van der Waals surface area contributed by atoms with Crippen LogP contribution >= 0.6 is 0 Å². The van der Waals surface area contributed by atoms with Gasteiger partial charge in [-0.2, -0.15) is 0 Å². The summed E-state index contributed by atoms with van der Waals surface area (Å²) in [5, 5.41) is 11.1. The van der Waals surface area contributed by atoms with Crippen molar-refractivity contribution in [2.24, 2.45) is 0 Å². The molecule has 0 aliphatic carbocycles. The van der Waals surface area contributed by atoms with Crippen molar-refractivity contribution < 1.29 is 9.53 Å². The van der Waals surface area contributed by atoms with E-state index >= 15 is 0 Å². The van der Waals surface area contributed by atoms with Crippen molar-refractivity contribution in [1.82, 2.24) is 4.98 Å². The number of pyridine rings is 1. The summed E-state index contributed by atoms with van der Waals surface area (Å²) in [4.78, 5) is 19.0. The molecule has 0 bridgehead atoms. The Hall–Kier alpha value is -2.11. The van der Waals surface area contributed by atoms with Gasteiger partial charge in [0, 0.05) is 25.7 Å². The fraction of sp³-hybridized carbons (Fsp3) is 0.611. The largest absolute Gasteiger partial charge is 0.455 e. The minimum Gasteiger partial charge on any atom is -0.455 e. The summed E-state index contributed by atoms with van der Waals surface area (Å²) in [6.45, 7) is 7.37. The molecule has 0 atom stereocenters. The van der Waals surface area contributed by atoms with E-state index in [1.165, 1.54) is 25.7 Å². The quantitative estimate of drug-likeness (QED) is 0.654. The molecule has 0 saturated carbocycles. The van der Waals surface area contributed by atoms with Gasteiger partial charge in [0.1, 0.15) is 17.2 Å². The number of carbonyl (C=O) groups is 1. The van der Waals surface area contributed by atoms with E-state index in [4.69, 9.17) is 10.1 Å². The Morgan fingerprint density at radius 2 is 1.83 bits per heavy atom. The van der Waals surface area contributed by atoms with E-state index in [0.717, 1.165) is 18.9 Å². The monoisotopic (exact) mass is 332 g/mol. The van der Waals surface area contributed by atoms with E-state index in [1.54, 1.807) is 33.9 Å². The first-order valence-corrected chi connectivity index (χ1v) is 8.58. The molecule has 1 aromatic rings. The molecule has 0 radical (unpaired) electrons. The summed E-state index contributed by atoms with van der Waals surface area (Å²) in [7, 11) is 1.75. The number of carbonyl (C=O) groups excluding carboxylic acids is 1. The van der Waals surface area contributed by atoms with E-state index in [-0.39, 0.29) is 5.71 Å². The number of hydrogen-bond donors (Lipinski definition) is 2. The minimum atomic E-state index is -0.636. The summed E-state index contributed by atoms with van der Waals surface area (Å²) >= 11 is 0. The summed E-state index contributed by atoms with van der Waals surface area (Å²) in [5.74, 6) is 0.790. The molecule has 1 aliphatic heterocycles. The third-order valence-electron chi connectivity index (χ3n) is 3.92. The van der Waals surface area contributed by atoms with Gasteiger partial charge in [0.05, 0.1) is 0 Å². The van der Waals surface area contributed by atoms with Crippen molar-refractivity contribution in [1.29, 1.82) is 5.41 Å². The number of rotatable bonds is 4. The fourth-order valence-corrected chi connectivity index (χ4v) is 2.76. The highest BCUT2D eigenvalue weighted by atomic mass is 16.6. The molecule has 1 aromatic heterocycles. The molecule has 1 saturated heterocycles. The van der Waals surface area contributed by atoms with Crippen LogP contribution in [0.3, 0.4) is 0 Å². The second kappa shape index (κ2) is 7.64. The summed E-state index contributed by atoms with van der Waals surface area (Å²) in [5.41, 5.74) is -0.336. The van der Waals surface area contributed by atoms with Crippen molar-refractivity contribution in [2.75, 3.05) is 30.4 Å². The van der Waals surface area contributed by atoms with Crippen LogP contribution in [0.25, 0.3) is 0 Å². The van der Waals surface area contributed by atoms with Gasteiger partial charge in [-0.3, -0.25) is 5.41 Å². The molecule has 2 rings (SSSR count). The standard InChI is InChI=1S/C18H28N4O2/c1-18(2,3)24-17(23)15(19)13-9-10-14(21-16(13)20-4)22-11-7-5-6-8-12-22/h9-10,19H,5-8,11-12H2,1-4H3,(H,20,21). The predicted octanol–water partition coefficient (Wildman–Crippen LogP) is 3.21. The van der Waals surface area contributed by atoms with Crippen LogP contribution in [0.1, 0.15) is 52.0 Å². The van der Waals surface area contributed by atoms with Gasteiger partial charge in [0.2, 0.25) is 0 Å². The normalized spacial score (nSPS) is 15.6. The summed E-state index contributed by atoms with van der Waals surface area (Å²) < 4.78 is 5.29. The highest BCUT2D eigenvalue weighted by Crippen LogP contribution is 2.23. The highest BCUT2D eigenvalue weighted by Gasteiger charge is 2.24. The SMILES string of the molecule is CNc1nc(N2CCCCCC2)ccc1C(=N)C(=O)OC(C)(C)C. The van der Waals surface area contributed by atoms with E-state index in [9.17, 15) is 4.79 Å². The number of esters is 1. The van der Waals surface area contributed by atoms with Crippen molar-refractivity contribution in [3.05, 3.63) is 17.7 Å². The van der Waals surface area contributed by atoms with E-state index < -0.39 is 11.6 Å². The Labute approximate surface area is 144 Å². The number of anilines is 2. The van der Waals surface area contributed by atoms with Gasteiger partial charge in [-0.15, -0.1) is 0 Å². The van der Waals surface area contributed by atoms with Crippen molar-refractivity contribution in [2.45, 2.75) is 52.1 Å². The number of nitrogens with one attached hydrogen (secondary N) is 2.